The number of hydrogen-bond acceptors (Lipinski definition) is 7. The molecule has 0 aliphatic carbocycles. The second kappa shape index (κ2) is 8.39. The van der Waals surface area contributed by atoms with E-state index in [4.69, 9.17) is 9.47 Å². The summed E-state index contributed by atoms with van der Waals surface area (Å²) in [5.41, 5.74) is 0.693. The molecule has 0 aliphatic heterocycles. The first-order valence-electron chi connectivity index (χ1n) is 5.92. The van der Waals surface area contributed by atoms with E-state index in [1.165, 1.54) is 7.11 Å². The standard InChI is InChI=1S/C12H19N3O4/c1-9-8-10(13-4-5-19-7-6-17-2)15-11(14-9)12(16)18-3/h8H,4-7H2,1-3H3,(H,13,14,15). The number of methoxy groups -OCH3 is 2. The molecular weight excluding hydrogens is 250 g/mol. The summed E-state index contributed by atoms with van der Waals surface area (Å²) in [6, 6.07) is 1.75. The topological polar surface area (TPSA) is 82.6 Å². The summed E-state index contributed by atoms with van der Waals surface area (Å²) in [5, 5.41) is 3.06. The molecule has 1 N–H and O–H groups in total. The molecule has 0 fully saturated rings. The van der Waals surface area contributed by atoms with Gasteiger partial charge in [-0.1, -0.05) is 0 Å². The third-order valence-corrected chi connectivity index (χ3v) is 2.21. The number of aryl methyl sites for hydroxylation is 1. The van der Waals surface area contributed by atoms with Crippen LogP contribution in [-0.2, 0) is 14.2 Å². The summed E-state index contributed by atoms with van der Waals surface area (Å²) < 4.78 is 14.7. The van der Waals surface area contributed by atoms with Gasteiger partial charge in [0.2, 0.25) is 5.82 Å². The van der Waals surface area contributed by atoms with Crippen LogP contribution >= 0.6 is 0 Å². The fourth-order valence-corrected chi connectivity index (χ4v) is 1.34. The molecule has 0 atom stereocenters. The SMILES string of the molecule is COCCOCCNc1cc(C)nc(C(=O)OC)n1. The van der Waals surface area contributed by atoms with E-state index in [-0.39, 0.29) is 5.82 Å². The molecule has 0 saturated carbocycles. The molecule has 0 unspecified atom stereocenters. The molecule has 7 heteroatoms. The van der Waals surface area contributed by atoms with Crippen molar-refractivity contribution in [2.75, 3.05) is 45.9 Å². The van der Waals surface area contributed by atoms with Crippen LogP contribution in [0.15, 0.2) is 6.07 Å². The maximum absolute atomic E-state index is 11.4. The minimum absolute atomic E-state index is 0.0466. The van der Waals surface area contributed by atoms with Gasteiger partial charge in [0, 0.05) is 25.4 Å². The number of hydrogen-bond donors (Lipinski definition) is 1. The maximum atomic E-state index is 11.4. The van der Waals surface area contributed by atoms with Gasteiger partial charge in [-0.15, -0.1) is 0 Å². The average Bonchev–Trinajstić information content (AvgIpc) is 2.41. The summed E-state index contributed by atoms with van der Waals surface area (Å²) in [7, 11) is 2.92. The van der Waals surface area contributed by atoms with Crippen molar-refractivity contribution in [1.82, 2.24) is 9.97 Å². The third kappa shape index (κ3) is 5.62. The zero-order valence-corrected chi connectivity index (χ0v) is 11.4. The summed E-state index contributed by atoms with van der Waals surface area (Å²) in [4.78, 5) is 19.4. The van der Waals surface area contributed by atoms with E-state index >= 15 is 0 Å². The molecule has 0 aliphatic rings. The molecule has 0 radical (unpaired) electrons. The molecule has 0 amide bonds. The number of nitrogens with one attached hydrogen (secondary N) is 1. The highest BCUT2D eigenvalue weighted by atomic mass is 16.5. The lowest BCUT2D eigenvalue weighted by Gasteiger charge is -2.08. The largest absolute Gasteiger partial charge is 0.463 e. The van der Waals surface area contributed by atoms with Crippen molar-refractivity contribution in [3.05, 3.63) is 17.6 Å². The highest BCUT2D eigenvalue weighted by Crippen LogP contribution is 2.06. The maximum Gasteiger partial charge on any atom is 0.376 e. The van der Waals surface area contributed by atoms with Crippen LogP contribution in [0.1, 0.15) is 16.3 Å². The van der Waals surface area contributed by atoms with Crippen LogP contribution < -0.4 is 5.32 Å². The van der Waals surface area contributed by atoms with Gasteiger partial charge in [-0.3, -0.25) is 0 Å². The third-order valence-electron chi connectivity index (χ3n) is 2.21. The number of nitrogens with zero attached hydrogens (tertiary/aromatic N) is 2. The van der Waals surface area contributed by atoms with Crippen LogP contribution in [0.4, 0.5) is 5.82 Å². The molecule has 0 spiro atoms. The van der Waals surface area contributed by atoms with E-state index in [0.717, 1.165) is 0 Å². The van der Waals surface area contributed by atoms with Crippen LogP contribution in [0.2, 0.25) is 0 Å². The fraction of sp³-hybridized carbons (Fsp3) is 0.583. The quantitative estimate of drug-likeness (QED) is 0.548. The Balaban J connectivity index is 2.45. The lowest BCUT2D eigenvalue weighted by Crippen LogP contribution is -2.15. The van der Waals surface area contributed by atoms with E-state index < -0.39 is 5.97 Å². The monoisotopic (exact) mass is 269 g/mol. The Kier molecular flexibility index (Phi) is 6.76. The smallest absolute Gasteiger partial charge is 0.376 e. The minimum Gasteiger partial charge on any atom is -0.463 e. The Morgan fingerprint density at radius 1 is 1.26 bits per heavy atom. The van der Waals surface area contributed by atoms with Crippen molar-refractivity contribution in [2.45, 2.75) is 6.92 Å². The van der Waals surface area contributed by atoms with Crippen LogP contribution in [0.5, 0.6) is 0 Å². The lowest BCUT2D eigenvalue weighted by atomic mass is 10.4. The molecule has 7 nitrogen and oxygen atoms in total. The van der Waals surface area contributed by atoms with Crippen LogP contribution in [-0.4, -0.2) is 56.5 Å². The minimum atomic E-state index is -0.553. The number of rotatable bonds is 8. The van der Waals surface area contributed by atoms with Crippen molar-refractivity contribution in [1.29, 1.82) is 0 Å². The summed E-state index contributed by atoms with van der Waals surface area (Å²) in [6.45, 7) is 4.02. The molecule has 1 rings (SSSR count). The van der Waals surface area contributed by atoms with Gasteiger partial charge >= 0.3 is 5.97 Å². The molecule has 1 aromatic heterocycles. The van der Waals surface area contributed by atoms with Gasteiger partial charge in [0.1, 0.15) is 5.82 Å². The molecule has 1 heterocycles. The average molecular weight is 269 g/mol. The predicted molar refractivity (Wildman–Crippen MR) is 69.3 cm³/mol. The van der Waals surface area contributed by atoms with Gasteiger partial charge in [0.15, 0.2) is 0 Å². The second-order valence-corrected chi connectivity index (χ2v) is 3.74. The number of anilines is 1. The molecule has 1 aromatic rings. The van der Waals surface area contributed by atoms with E-state index in [1.54, 1.807) is 20.1 Å². The molecular formula is C12H19N3O4. The first-order valence-corrected chi connectivity index (χ1v) is 5.92. The fourth-order valence-electron chi connectivity index (χ4n) is 1.34. The zero-order valence-electron chi connectivity index (χ0n) is 11.4. The molecule has 0 bridgehead atoms. The number of carbonyl (C=O) groups excluding carboxylic acids is 1. The van der Waals surface area contributed by atoms with Gasteiger partial charge in [-0.05, 0) is 6.92 Å². The van der Waals surface area contributed by atoms with Gasteiger partial charge in [0.05, 0.1) is 26.9 Å². The Hall–Kier alpha value is -1.73. The first kappa shape index (κ1) is 15.3. The molecule has 106 valence electrons. The summed E-state index contributed by atoms with van der Waals surface area (Å²) >= 11 is 0. The molecule has 19 heavy (non-hydrogen) atoms. The van der Waals surface area contributed by atoms with Gasteiger partial charge in [-0.25, -0.2) is 14.8 Å². The number of carbonyl (C=O) groups is 1. The van der Waals surface area contributed by atoms with E-state index in [2.05, 4.69) is 20.0 Å². The van der Waals surface area contributed by atoms with Crippen LogP contribution in [0, 0.1) is 6.92 Å². The first-order chi connectivity index (χ1) is 9.17. The van der Waals surface area contributed by atoms with Crippen LogP contribution in [0.25, 0.3) is 0 Å². The summed E-state index contributed by atoms with van der Waals surface area (Å²) in [5.74, 6) is 0.0663. The molecule has 0 aromatic carbocycles. The Morgan fingerprint density at radius 2 is 2.05 bits per heavy atom. The lowest BCUT2D eigenvalue weighted by molar-refractivity contribution is 0.0586. The number of esters is 1. The van der Waals surface area contributed by atoms with Crippen molar-refractivity contribution >= 4 is 11.8 Å². The van der Waals surface area contributed by atoms with Gasteiger partial charge in [0.25, 0.3) is 0 Å². The highest BCUT2D eigenvalue weighted by molar-refractivity contribution is 5.85. The van der Waals surface area contributed by atoms with E-state index in [9.17, 15) is 4.79 Å². The number of aromatic nitrogens is 2. The van der Waals surface area contributed by atoms with E-state index in [0.29, 0.717) is 37.9 Å². The number of ether oxygens (including phenoxy) is 3. The second-order valence-electron chi connectivity index (χ2n) is 3.74. The Bertz CT molecular complexity index is 412. The predicted octanol–water partition coefficient (Wildman–Crippen LogP) is 0.647. The van der Waals surface area contributed by atoms with Crippen LogP contribution in [0.3, 0.4) is 0 Å². The summed E-state index contributed by atoms with van der Waals surface area (Å²) in [6.07, 6.45) is 0. The molecule has 0 saturated heterocycles. The van der Waals surface area contributed by atoms with Gasteiger partial charge < -0.3 is 19.5 Å². The Labute approximate surface area is 112 Å². The normalized spacial score (nSPS) is 10.3. The zero-order chi connectivity index (χ0) is 14.1. The van der Waals surface area contributed by atoms with Crippen molar-refractivity contribution < 1.29 is 19.0 Å². The van der Waals surface area contributed by atoms with Crippen molar-refractivity contribution in [3.63, 3.8) is 0 Å². The Morgan fingerprint density at radius 3 is 2.74 bits per heavy atom. The van der Waals surface area contributed by atoms with Gasteiger partial charge in [-0.2, -0.15) is 0 Å². The highest BCUT2D eigenvalue weighted by Gasteiger charge is 2.11. The van der Waals surface area contributed by atoms with E-state index in [1.807, 2.05) is 0 Å². The van der Waals surface area contributed by atoms with Crippen molar-refractivity contribution in [2.24, 2.45) is 0 Å². The van der Waals surface area contributed by atoms with Crippen molar-refractivity contribution in [3.8, 4) is 0 Å².